The maximum absolute atomic E-state index is 12.2. The van der Waals surface area contributed by atoms with Crippen molar-refractivity contribution in [1.29, 1.82) is 0 Å². The minimum Gasteiger partial charge on any atom is -0.493 e. The molecule has 0 bridgehead atoms. The van der Waals surface area contributed by atoms with Gasteiger partial charge in [0.05, 0.1) is 19.8 Å². The maximum atomic E-state index is 12.2. The van der Waals surface area contributed by atoms with Gasteiger partial charge < -0.3 is 9.47 Å². The summed E-state index contributed by atoms with van der Waals surface area (Å²) in [4.78, 5) is 14.4. The third-order valence-corrected chi connectivity index (χ3v) is 3.52. The van der Waals surface area contributed by atoms with Crippen molar-refractivity contribution in [3.05, 3.63) is 29.8 Å². The van der Waals surface area contributed by atoms with Crippen LogP contribution in [-0.4, -0.2) is 50.1 Å². The molecule has 116 valence electrons. The summed E-state index contributed by atoms with van der Waals surface area (Å²) in [6, 6.07) is 7.48. The van der Waals surface area contributed by atoms with Gasteiger partial charge in [0.25, 0.3) is 0 Å². The lowest BCUT2D eigenvalue weighted by Crippen LogP contribution is -2.37. The predicted molar refractivity (Wildman–Crippen MR) is 83.0 cm³/mol. The molecule has 1 heterocycles. The van der Waals surface area contributed by atoms with Crippen LogP contribution >= 0.6 is 0 Å². The second-order valence-electron chi connectivity index (χ2n) is 5.86. The van der Waals surface area contributed by atoms with Crippen LogP contribution in [0.15, 0.2) is 24.3 Å². The van der Waals surface area contributed by atoms with Gasteiger partial charge in [-0.2, -0.15) is 0 Å². The van der Waals surface area contributed by atoms with Crippen LogP contribution in [0.2, 0.25) is 0 Å². The van der Waals surface area contributed by atoms with Gasteiger partial charge in [0.2, 0.25) is 0 Å². The van der Waals surface area contributed by atoms with Gasteiger partial charge in [-0.3, -0.25) is 9.69 Å². The monoisotopic (exact) mass is 291 g/mol. The normalized spacial score (nSPS) is 16.1. The molecule has 0 aromatic heterocycles. The summed E-state index contributed by atoms with van der Waals surface area (Å²) >= 11 is 0. The van der Waals surface area contributed by atoms with Crippen molar-refractivity contribution < 1.29 is 14.3 Å². The van der Waals surface area contributed by atoms with Crippen LogP contribution in [0.3, 0.4) is 0 Å². The zero-order valence-electron chi connectivity index (χ0n) is 13.0. The first-order valence-corrected chi connectivity index (χ1v) is 7.71. The Kier molecular flexibility index (Phi) is 6.21. The SMILES string of the molecule is CC(C)COc1ccc(C(=O)CCN2CCOCC2)cc1. The Morgan fingerprint density at radius 1 is 1.24 bits per heavy atom. The second-order valence-corrected chi connectivity index (χ2v) is 5.86. The lowest BCUT2D eigenvalue weighted by molar-refractivity contribution is 0.0370. The standard InChI is InChI=1S/C17H25NO3/c1-14(2)13-21-16-5-3-15(4-6-16)17(19)7-8-18-9-11-20-12-10-18/h3-6,14H,7-13H2,1-2H3. The van der Waals surface area contributed by atoms with E-state index in [0.717, 1.165) is 44.2 Å². The van der Waals surface area contributed by atoms with Crippen molar-refractivity contribution in [3.63, 3.8) is 0 Å². The molecule has 1 aliphatic rings. The number of hydrogen-bond donors (Lipinski definition) is 0. The number of rotatable bonds is 7. The summed E-state index contributed by atoms with van der Waals surface area (Å²) in [7, 11) is 0. The maximum Gasteiger partial charge on any atom is 0.164 e. The highest BCUT2D eigenvalue weighted by Gasteiger charge is 2.13. The number of nitrogens with zero attached hydrogens (tertiary/aromatic N) is 1. The first kappa shape index (κ1) is 16.0. The Morgan fingerprint density at radius 3 is 2.52 bits per heavy atom. The van der Waals surface area contributed by atoms with Crippen LogP contribution in [-0.2, 0) is 4.74 Å². The van der Waals surface area contributed by atoms with Crippen LogP contribution in [0, 0.1) is 5.92 Å². The molecular formula is C17H25NO3. The van der Waals surface area contributed by atoms with Crippen LogP contribution in [0.5, 0.6) is 5.75 Å². The van der Waals surface area contributed by atoms with E-state index in [2.05, 4.69) is 18.7 Å². The van der Waals surface area contributed by atoms with E-state index in [1.165, 1.54) is 0 Å². The van der Waals surface area contributed by atoms with Gasteiger partial charge in [-0.05, 0) is 30.2 Å². The molecule has 0 atom stereocenters. The lowest BCUT2D eigenvalue weighted by atomic mass is 10.1. The van der Waals surface area contributed by atoms with E-state index in [9.17, 15) is 4.79 Å². The molecule has 2 rings (SSSR count). The Bertz CT molecular complexity index is 436. The molecule has 1 aromatic rings. The van der Waals surface area contributed by atoms with Crippen molar-refractivity contribution in [1.82, 2.24) is 4.90 Å². The molecule has 0 N–H and O–H groups in total. The smallest absolute Gasteiger partial charge is 0.164 e. The van der Waals surface area contributed by atoms with E-state index in [1.54, 1.807) is 0 Å². The predicted octanol–water partition coefficient (Wildman–Crippen LogP) is 2.63. The fourth-order valence-corrected chi connectivity index (χ4v) is 2.23. The van der Waals surface area contributed by atoms with Gasteiger partial charge in [-0.1, -0.05) is 13.8 Å². The average Bonchev–Trinajstić information content (AvgIpc) is 2.52. The van der Waals surface area contributed by atoms with Gasteiger partial charge in [-0.15, -0.1) is 0 Å². The zero-order chi connectivity index (χ0) is 15.1. The molecule has 1 aromatic carbocycles. The third-order valence-electron chi connectivity index (χ3n) is 3.52. The highest BCUT2D eigenvalue weighted by atomic mass is 16.5. The Labute approximate surface area is 127 Å². The third kappa shape index (κ3) is 5.48. The van der Waals surface area contributed by atoms with E-state index in [0.29, 0.717) is 18.9 Å². The number of benzene rings is 1. The minimum absolute atomic E-state index is 0.192. The highest BCUT2D eigenvalue weighted by molar-refractivity contribution is 5.96. The first-order valence-electron chi connectivity index (χ1n) is 7.71. The highest BCUT2D eigenvalue weighted by Crippen LogP contribution is 2.14. The van der Waals surface area contributed by atoms with E-state index < -0.39 is 0 Å². The van der Waals surface area contributed by atoms with Crippen molar-refractivity contribution in [2.24, 2.45) is 5.92 Å². The van der Waals surface area contributed by atoms with Crippen molar-refractivity contribution in [2.75, 3.05) is 39.5 Å². The van der Waals surface area contributed by atoms with Gasteiger partial charge >= 0.3 is 0 Å². The number of carbonyl (C=O) groups is 1. The Balaban J connectivity index is 1.79. The Morgan fingerprint density at radius 2 is 1.90 bits per heavy atom. The van der Waals surface area contributed by atoms with E-state index >= 15 is 0 Å². The average molecular weight is 291 g/mol. The molecular weight excluding hydrogens is 266 g/mol. The quantitative estimate of drug-likeness (QED) is 0.724. The fraction of sp³-hybridized carbons (Fsp3) is 0.588. The molecule has 4 nitrogen and oxygen atoms in total. The summed E-state index contributed by atoms with van der Waals surface area (Å²) in [5, 5.41) is 0. The van der Waals surface area contributed by atoms with Crippen LogP contribution < -0.4 is 4.74 Å². The van der Waals surface area contributed by atoms with Crippen LogP contribution in [0.25, 0.3) is 0 Å². The molecule has 0 unspecified atom stereocenters. The first-order chi connectivity index (χ1) is 10.1. The van der Waals surface area contributed by atoms with Crippen molar-refractivity contribution in [3.8, 4) is 5.75 Å². The van der Waals surface area contributed by atoms with Crippen LogP contribution in [0.4, 0.5) is 0 Å². The molecule has 0 saturated carbocycles. The van der Waals surface area contributed by atoms with Crippen LogP contribution in [0.1, 0.15) is 30.6 Å². The van der Waals surface area contributed by atoms with E-state index in [4.69, 9.17) is 9.47 Å². The summed E-state index contributed by atoms with van der Waals surface area (Å²) < 4.78 is 10.9. The molecule has 1 saturated heterocycles. The van der Waals surface area contributed by atoms with E-state index in [1.807, 2.05) is 24.3 Å². The van der Waals surface area contributed by atoms with Gasteiger partial charge in [0.15, 0.2) is 5.78 Å². The molecule has 0 aliphatic carbocycles. The number of Topliss-reactive ketones (excluding diaryl/α,β-unsaturated/α-hetero) is 1. The van der Waals surface area contributed by atoms with Gasteiger partial charge in [0.1, 0.15) is 5.75 Å². The fourth-order valence-electron chi connectivity index (χ4n) is 2.23. The summed E-state index contributed by atoms with van der Waals surface area (Å²) in [6.45, 7) is 9.14. The summed E-state index contributed by atoms with van der Waals surface area (Å²) in [6.07, 6.45) is 0.562. The van der Waals surface area contributed by atoms with E-state index in [-0.39, 0.29) is 5.78 Å². The molecule has 0 amide bonds. The lowest BCUT2D eigenvalue weighted by Gasteiger charge is -2.26. The number of morpholine rings is 1. The molecule has 1 fully saturated rings. The van der Waals surface area contributed by atoms with Gasteiger partial charge in [-0.25, -0.2) is 0 Å². The number of ketones is 1. The number of ether oxygens (including phenoxy) is 2. The molecule has 1 aliphatic heterocycles. The van der Waals surface area contributed by atoms with Crippen molar-refractivity contribution in [2.45, 2.75) is 20.3 Å². The summed E-state index contributed by atoms with van der Waals surface area (Å²) in [5.41, 5.74) is 0.764. The largest absolute Gasteiger partial charge is 0.493 e. The molecule has 4 heteroatoms. The second kappa shape index (κ2) is 8.15. The van der Waals surface area contributed by atoms with Gasteiger partial charge in [0, 0.05) is 31.6 Å². The minimum atomic E-state index is 0.192. The zero-order valence-corrected chi connectivity index (χ0v) is 13.0. The summed E-state index contributed by atoms with van der Waals surface area (Å²) in [5.74, 6) is 1.52. The Hall–Kier alpha value is -1.39. The molecule has 0 radical (unpaired) electrons. The molecule has 21 heavy (non-hydrogen) atoms. The van der Waals surface area contributed by atoms with Crippen molar-refractivity contribution >= 4 is 5.78 Å². The molecule has 0 spiro atoms. The number of carbonyl (C=O) groups excluding carboxylic acids is 1. The number of hydrogen-bond acceptors (Lipinski definition) is 4. The topological polar surface area (TPSA) is 38.8 Å².